The second-order valence-electron chi connectivity index (χ2n) is 4.96. The molecule has 0 spiro atoms. The molecule has 0 aliphatic heterocycles. The van der Waals surface area contributed by atoms with E-state index in [1.54, 1.807) is 18.3 Å². The molecule has 0 bridgehead atoms. The van der Waals surface area contributed by atoms with Gasteiger partial charge in [0.2, 0.25) is 0 Å². The Morgan fingerprint density at radius 2 is 1.86 bits per heavy atom. The van der Waals surface area contributed by atoms with Gasteiger partial charge < -0.3 is 0 Å². The first-order valence-corrected chi connectivity index (χ1v) is 7.59. The van der Waals surface area contributed by atoms with E-state index in [-0.39, 0.29) is 17.3 Å². The zero-order valence-electron chi connectivity index (χ0n) is 11.2. The highest BCUT2D eigenvalue weighted by molar-refractivity contribution is 7.17. The zero-order valence-corrected chi connectivity index (χ0v) is 12.1. The molecule has 2 aromatic heterocycles. The Kier molecular flexibility index (Phi) is 3.75. The maximum Gasteiger partial charge on any atom is 0.190 e. The summed E-state index contributed by atoms with van der Waals surface area (Å²) in [6, 6.07) is 9.03. The van der Waals surface area contributed by atoms with Gasteiger partial charge in [0.25, 0.3) is 0 Å². The van der Waals surface area contributed by atoms with E-state index < -0.39 is 5.92 Å². The predicted octanol–water partition coefficient (Wildman–Crippen LogP) is 2.93. The van der Waals surface area contributed by atoms with Crippen molar-refractivity contribution >= 4 is 28.7 Å². The highest BCUT2D eigenvalue weighted by atomic mass is 32.1. The van der Waals surface area contributed by atoms with Crippen molar-refractivity contribution in [2.45, 2.75) is 19.3 Å². The molecule has 0 saturated heterocycles. The number of Topliss-reactive ketones (excluding diaryl/α,β-unsaturated/α-hetero) is 3. The molecule has 21 heavy (non-hydrogen) atoms. The number of ketones is 3. The second kappa shape index (κ2) is 5.69. The van der Waals surface area contributed by atoms with Crippen molar-refractivity contribution in [2.75, 3.05) is 0 Å². The number of carbonyl (C=O) groups excluding carboxylic acids is 3. The number of carbonyl (C=O) groups is 3. The Bertz CT molecular complexity index is 689. The van der Waals surface area contributed by atoms with Crippen molar-refractivity contribution in [1.82, 2.24) is 4.98 Å². The molecule has 1 fully saturated rings. The smallest absolute Gasteiger partial charge is 0.190 e. The molecular formula is C16H13NO3S. The Morgan fingerprint density at radius 3 is 2.52 bits per heavy atom. The number of nitrogens with zero attached hydrogens (tertiary/aromatic N) is 1. The van der Waals surface area contributed by atoms with Crippen LogP contribution < -0.4 is 0 Å². The Hall–Kier alpha value is -2.14. The number of hydrogen-bond acceptors (Lipinski definition) is 5. The standard InChI is InChI=1S/C16H13NO3S/c18-11-5-3-6-12(19)15(11)16(20)14-8-7-13(21-14)10-4-1-2-9-17-10/h1-2,4,7-9,15H,3,5-6H2. The first-order chi connectivity index (χ1) is 10.2. The molecule has 0 atom stereocenters. The topological polar surface area (TPSA) is 64.1 Å². The van der Waals surface area contributed by atoms with Gasteiger partial charge in [0.15, 0.2) is 17.3 Å². The number of aromatic nitrogens is 1. The fraction of sp³-hybridized carbons (Fsp3) is 0.250. The summed E-state index contributed by atoms with van der Waals surface area (Å²) in [4.78, 5) is 41.6. The molecule has 1 saturated carbocycles. The maximum atomic E-state index is 12.4. The van der Waals surface area contributed by atoms with Crippen LogP contribution in [0.4, 0.5) is 0 Å². The van der Waals surface area contributed by atoms with Gasteiger partial charge in [-0.05, 0) is 30.7 Å². The molecule has 0 amide bonds. The van der Waals surface area contributed by atoms with E-state index in [1.807, 2.05) is 18.2 Å². The van der Waals surface area contributed by atoms with Crippen molar-refractivity contribution in [1.29, 1.82) is 0 Å². The average molecular weight is 299 g/mol. The fourth-order valence-electron chi connectivity index (χ4n) is 2.46. The number of rotatable bonds is 3. The average Bonchev–Trinajstić information content (AvgIpc) is 2.97. The predicted molar refractivity (Wildman–Crippen MR) is 79.2 cm³/mol. The van der Waals surface area contributed by atoms with Gasteiger partial charge in [0.1, 0.15) is 5.92 Å². The molecule has 2 heterocycles. The summed E-state index contributed by atoms with van der Waals surface area (Å²) in [7, 11) is 0. The molecule has 0 radical (unpaired) electrons. The normalized spacial score (nSPS) is 16.2. The van der Waals surface area contributed by atoms with Crippen molar-refractivity contribution in [2.24, 2.45) is 5.92 Å². The molecule has 0 aromatic carbocycles. The summed E-state index contributed by atoms with van der Waals surface area (Å²) in [6.07, 6.45) is 2.89. The minimum atomic E-state index is -1.09. The van der Waals surface area contributed by atoms with Gasteiger partial charge in [-0.3, -0.25) is 19.4 Å². The minimum Gasteiger partial charge on any atom is -0.298 e. The molecule has 5 heteroatoms. The maximum absolute atomic E-state index is 12.4. The molecular weight excluding hydrogens is 286 g/mol. The van der Waals surface area contributed by atoms with Gasteiger partial charge in [-0.2, -0.15) is 0 Å². The van der Waals surface area contributed by atoms with Crippen LogP contribution in [0, 0.1) is 5.92 Å². The van der Waals surface area contributed by atoms with Crippen LogP contribution in [0.2, 0.25) is 0 Å². The van der Waals surface area contributed by atoms with Crippen LogP contribution in [0.5, 0.6) is 0 Å². The first kappa shape index (κ1) is 13.8. The van der Waals surface area contributed by atoms with Crippen molar-refractivity contribution < 1.29 is 14.4 Å². The van der Waals surface area contributed by atoms with Gasteiger partial charge >= 0.3 is 0 Å². The van der Waals surface area contributed by atoms with Crippen LogP contribution in [0.25, 0.3) is 10.6 Å². The Balaban J connectivity index is 1.87. The third-order valence-corrected chi connectivity index (χ3v) is 4.64. The first-order valence-electron chi connectivity index (χ1n) is 6.77. The quantitative estimate of drug-likeness (QED) is 0.645. The summed E-state index contributed by atoms with van der Waals surface area (Å²) in [5, 5.41) is 0. The van der Waals surface area contributed by atoms with Crippen LogP contribution in [0.3, 0.4) is 0 Å². The highest BCUT2D eigenvalue weighted by Gasteiger charge is 2.37. The molecule has 2 aromatic rings. The van der Waals surface area contributed by atoms with E-state index in [1.165, 1.54) is 11.3 Å². The van der Waals surface area contributed by atoms with Crippen LogP contribution in [0.1, 0.15) is 28.9 Å². The van der Waals surface area contributed by atoms with Gasteiger partial charge in [-0.25, -0.2) is 0 Å². The van der Waals surface area contributed by atoms with E-state index in [9.17, 15) is 14.4 Å². The van der Waals surface area contributed by atoms with Crippen molar-refractivity contribution in [3.8, 4) is 10.6 Å². The van der Waals surface area contributed by atoms with E-state index in [2.05, 4.69) is 4.98 Å². The van der Waals surface area contributed by atoms with Gasteiger partial charge in [-0.15, -0.1) is 11.3 Å². The summed E-state index contributed by atoms with van der Waals surface area (Å²) >= 11 is 1.28. The molecule has 3 rings (SSSR count). The summed E-state index contributed by atoms with van der Waals surface area (Å²) < 4.78 is 0. The van der Waals surface area contributed by atoms with E-state index in [0.29, 0.717) is 24.1 Å². The second-order valence-corrected chi connectivity index (χ2v) is 6.05. The van der Waals surface area contributed by atoms with E-state index in [4.69, 9.17) is 0 Å². The van der Waals surface area contributed by atoms with Gasteiger partial charge in [-0.1, -0.05) is 6.07 Å². The molecule has 0 N–H and O–H groups in total. The van der Waals surface area contributed by atoms with Gasteiger partial charge in [0.05, 0.1) is 15.4 Å². The van der Waals surface area contributed by atoms with Crippen LogP contribution in [0.15, 0.2) is 36.5 Å². The fourth-order valence-corrected chi connectivity index (χ4v) is 3.41. The summed E-state index contributed by atoms with van der Waals surface area (Å²) in [5.74, 6) is -1.95. The van der Waals surface area contributed by atoms with Crippen LogP contribution >= 0.6 is 11.3 Å². The molecule has 1 aliphatic rings. The van der Waals surface area contributed by atoms with Crippen LogP contribution in [-0.2, 0) is 9.59 Å². The van der Waals surface area contributed by atoms with Crippen LogP contribution in [-0.4, -0.2) is 22.3 Å². The van der Waals surface area contributed by atoms with E-state index in [0.717, 1.165) is 10.6 Å². The lowest BCUT2D eigenvalue weighted by molar-refractivity contribution is -0.133. The molecule has 1 aliphatic carbocycles. The Morgan fingerprint density at radius 1 is 1.10 bits per heavy atom. The minimum absolute atomic E-state index is 0.246. The van der Waals surface area contributed by atoms with Crippen molar-refractivity contribution in [3.05, 3.63) is 41.4 Å². The van der Waals surface area contributed by atoms with E-state index >= 15 is 0 Å². The largest absolute Gasteiger partial charge is 0.298 e. The van der Waals surface area contributed by atoms with Crippen molar-refractivity contribution in [3.63, 3.8) is 0 Å². The van der Waals surface area contributed by atoms with Gasteiger partial charge in [0, 0.05) is 19.0 Å². The SMILES string of the molecule is O=C1CCCC(=O)C1C(=O)c1ccc(-c2ccccn2)s1. The highest BCUT2D eigenvalue weighted by Crippen LogP contribution is 2.30. The lowest BCUT2D eigenvalue weighted by atomic mass is 9.83. The third-order valence-electron chi connectivity index (χ3n) is 3.52. The number of hydrogen-bond donors (Lipinski definition) is 0. The zero-order chi connectivity index (χ0) is 14.8. The summed E-state index contributed by atoms with van der Waals surface area (Å²) in [5.41, 5.74) is 0.780. The molecule has 106 valence electrons. The lowest BCUT2D eigenvalue weighted by Crippen LogP contribution is -2.34. The summed E-state index contributed by atoms with van der Waals surface area (Å²) in [6.45, 7) is 0. The molecule has 4 nitrogen and oxygen atoms in total. The monoisotopic (exact) mass is 299 g/mol. The Labute approximate surface area is 125 Å². The third kappa shape index (κ3) is 2.69. The molecule has 0 unspecified atom stereocenters. The number of thiophene rings is 1. The lowest BCUT2D eigenvalue weighted by Gasteiger charge is -2.17. The number of pyridine rings is 1.